The van der Waals surface area contributed by atoms with Gasteiger partial charge in [0.15, 0.2) is 0 Å². The predicted octanol–water partition coefficient (Wildman–Crippen LogP) is 2.06. The molecule has 0 bridgehead atoms. The molecule has 2 heteroatoms. The first-order chi connectivity index (χ1) is 3.81. The Morgan fingerprint density at radius 3 is 2.38 bits per heavy atom. The Labute approximate surface area is 59.8 Å². The van der Waals surface area contributed by atoms with Crippen LogP contribution in [0.1, 0.15) is 6.92 Å². The van der Waals surface area contributed by atoms with E-state index < -0.39 is 0 Å². The van der Waals surface area contributed by atoms with E-state index in [4.69, 9.17) is 0 Å². The van der Waals surface area contributed by atoms with E-state index in [2.05, 4.69) is 24.4 Å². The minimum absolute atomic E-state index is 0.488. The summed E-state index contributed by atoms with van der Waals surface area (Å²) in [5.41, 5.74) is 0. The van der Waals surface area contributed by atoms with Gasteiger partial charge in [-0.1, -0.05) is 17.7 Å². The normalized spacial score (nSPS) is 11.9. The molecule has 0 nitrogen and oxygen atoms in total. The standard InChI is InChI=1S/C6H10S2/c1-6(8-3)4-5-7-2/h6H,1-3H3. The topological polar surface area (TPSA) is 0 Å². The van der Waals surface area contributed by atoms with Crippen molar-refractivity contribution in [1.82, 2.24) is 0 Å². The maximum atomic E-state index is 3.06. The van der Waals surface area contributed by atoms with Crippen molar-refractivity contribution in [2.75, 3.05) is 12.5 Å². The summed E-state index contributed by atoms with van der Waals surface area (Å²) in [5.74, 6) is 3.06. The number of thioether (sulfide) groups is 2. The minimum Gasteiger partial charge on any atom is -0.149 e. The number of hydrogen-bond donors (Lipinski definition) is 0. The van der Waals surface area contributed by atoms with Crippen LogP contribution < -0.4 is 0 Å². The Bertz CT molecular complexity index is 98.8. The highest BCUT2D eigenvalue weighted by molar-refractivity contribution is 8.03. The Balaban J connectivity index is 3.35. The zero-order valence-electron chi connectivity index (χ0n) is 5.39. The molecular formula is C6H10S2. The zero-order chi connectivity index (χ0) is 6.41. The van der Waals surface area contributed by atoms with Crippen molar-refractivity contribution in [3.63, 3.8) is 0 Å². The molecule has 0 amide bonds. The summed E-state index contributed by atoms with van der Waals surface area (Å²) < 4.78 is 0. The van der Waals surface area contributed by atoms with Crippen molar-refractivity contribution in [1.29, 1.82) is 0 Å². The highest BCUT2D eigenvalue weighted by Gasteiger charge is 1.87. The fourth-order valence-corrected chi connectivity index (χ4v) is 0.747. The van der Waals surface area contributed by atoms with Crippen molar-refractivity contribution < 1.29 is 0 Å². The first-order valence-electron chi connectivity index (χ1n) is 2.37. The third kappa shape index (κ3) is 4.42. The second kappa shape index (κ2) is 5.40. The van der Waals surface area contributed by atoms with Crippen LogP contribution in [0.2, 0.25) is 0 Å². The van der Waals surface area contributed by atoms with Gasteiger partial charge < -0.3 is 0 Å². The van der Waals surface area contributed by atoms with Crippen LogP contribution in [0.4, 0.5) is 0 Å². The first-order valence-corrected chi connectivity index (χ1v) is 4.88. The molecule has 0 saturated heterocycles. The average Bonchev–Trinajstić information content (AvgIpc) is 1.83. The monoisotopic (exact) mass is 146 g/mol. The molecular weight excluding hydrogens is 136 g/mol. The van der Waals surface area contributed by atoms with Crippen molar-refractivity contribution in [2.24, 2.45) is 0 Å². The van der Waals surface area contributed by atoms with Gasteiger partial charge in [0.2, 0.25) is 0 Å². The molecule has 0 rings (SSSR count). The zero-order valence-corrected chi connectivity index (χ0v) is 7.03. The molecule has 0 aliphatic heterocycles. The van der Waals surface area contributed by atoms with Crippen molar-refractivity contribution >= 4 is 23.5 Å². The smallest absolute Gasteiger partial charge is 0.0635 e. The van der Waals surface area contributed by atoms with E-state index >= 15 is 0 Å². The number of hydrogen-bond acceptors (Lipinski definition) is 2. The van der Waals surface area contributed by atoms with Crippen molar-refractivity contribution in [3.05, 3.63) is 0 Å². The van der Waals surface area contributed by atoms with E-state index in [0.29, 0.717) is 5.25 Å². The molecule has 1 unspecified atom stereocenters. The molecule has 0 spiro atoms. The van der Waals surface area contributed by atoms with Gasteiger partial charge in [0.25, 0.3) is 0 Å². The van der Waals surface area contributed by atoms with E-state index in [0.717, 1.165) is 0 Å². The predicted molar refractivity (Wildman–Crippen MR) is 44.3 cm³/mol. The fourth-order valence-electron chi connectivity index (χ4n) is 0.201. The highest BCUT2D eigenvalue weighted by Crippen LogP contribution is 2.02. The van der Waals surface area contributed by atoms with E-state index in [1.165, 1.54) is 0 Å². The molecule has 0 N–H and O–H groups in total. The summed E-state index contributed by atoms with van der Waals surface area (Å²) in [6, 6.07) is 0. The van der Waals surface area contributed by atoms with Crippen LogP contribution in [-0.2, 0) is 0 Å². The molecule has 0 aromatic carbocycles. The summed E-state index contributed by atoms with van der Waals surface area (Å²) in [7, 11) is 0. The summed E-state index contributed by atoms with van der Waals surface area (Å²) in [6.45, 7) is 2.11. The molecule has 46 valence electrons. The van der Waals surface area contributed by atoms with Gasteiger partial charge in [0, 0.05) is 0 Å². The minimum atomic E-state index is 0.488. The van der Waals surface area contributed by atoms with Crippen molar-refractivity contribution in [3.8, 4) is 11.2 Å². The highest BCUT2D eigenvalue weighted by atomic mass is 32.2. The van der Waals surface area contributed by atoms with Gasteiger partial charge in [0.05, 0.1) is 5.25 Å². The quantitative estimate of drug-likeness (QED) is 0.519. The average molecular weight is 146 g/mol. The third-order valence-corrected chi connectivity index (χ3v) is 1.86. The van der Waals surface area contributed by atoms with Crippen LogP contribution in [0.3, 0.4) is 0 Å². The summed E-state index contributed by atoms with van der Waals surface area (Å²) >= 11 is 3.35. The van der Waals surface area contributed by atoms with Crippen LogP contribution >= 0.6 is 23.5 Å². The Hall–Kier alpha value is 0.260. The lowest BCUT2D eigenvalue weighted by Crippen LogP contribution is -1.85. The maximum Gasteiger partial charge on any atom is 0.0635 e. The molecule has 0 radical (unpaired) electrons. The van der Waals surface area contributed by atoms with Crippen LogP contribution in [0.15, 0.2) is 0 Å². The lowest BCUT2D eigenvalue weighted by Gasteiger charge is -1.92. The van der Waals surface area contributed by atoms with Gasteiger partial charge in [-0.3, -0.25) is 0 Å². The van der Waals surface area contributed by atoms with E-state index in [1.54, 1.807) is 23.5 Å². The second-order valence-electron chi connectivity index (χ2n) is 1.33. The maximum absolute atomic E-state index is 3.06. The van der Waals surface area contributed by atoms with Gasteiger partial charge in [-0.05, 0) is 24.7 Å². The first kappa shape index (κ1) is 8.26. The van der Waals surface area contributed by atoms with Crippen LogP contribution in [0, 0.1) is 11.2 Å². The van der Waals surface area contributed by atoms with E-state index in [9.17, 15) is 0 Å². The molecule has 8 heavy (non-hydrogen) atoms. The molecule has 0 saturated carbocycles. The fraction of sp³-hybridized carbons (Fsp3) is 0.667. The Kier molecular flexibility index (Phi) is 5.57. The molecule has 1 atom stereocenters. The lowest BCUT2D eigenvalue weighted by atomic mass is 10.5. The molecule has 0 aromatic rings. The van der Waals surface area contributed by atoms with Gasteiger partial charge in [0.1, 0.15) is 0 Å². The Morgan fingerprint density at radius 2 is 2.00 bits per heavy atom. The lowest BCUT2D eigenvalue weighted by molar-refractivity contribution is 1.31. The largest absolute Gasteiger partial charge is 0.149 e. The third-order valence-electron chi connectivity index (χ3n) is 0.718. The summed E-state index contributed by atoms with van der Waals surface area (Å²) in [4.78, 5) is 0. The van der Waals surface area contributed by atoms with Crippen molar-refractivity contribution in [2.45, 2.75) is 12.2 Å². The SMILES string of the molecule is CSC#CC(C)SC. The molecule has 0 fully saturated rings. The molecule has 0 heterocycles. The van der Waals surface area contributed by atoms with E-state index in [1.807, 2.05) is 6.26 Å². The molecule has 0 aliphatic carbocycles. The molecule has 0 aliphatic rings. The van der Waals surface area contributed by atoms with E-state index in [-0.39, 0.29) is 0 Å². The summed E-state index contributed by atoms with van der Waals surface area (Å²) in [6.07, 6.45) is 4.06. The van der Waals surface area contributed by atoms with Crippen LogP contribution in [0.5, 0.6) is 0 Å². The van der Waals surface area contributed by atoms with Gasteiger partial charge in [-0.2, -0.15) is 0 Å². The second-order valence-corrected chi connectivity index (χ2v) is 3.12. The molecule has 0 aromatic heterocycles. The van der Waals surface area contributed by atoms with Crippen LogP contribution in [0.25, 0.3) is 0 Å². The van der Waals surface area contributed by atoms with Gasteiger partial charge in [-0.15, -0.1) is 11.8 Å². The number of rotatable bonds is 1. The van der Waals surface area contributed by atoms with Gasteiger partial charge >= 0.3 is 0 Å². The van der Waals surface area contributed by atoms with Crippen LogP contribution in [-0.4, -0.2) is 17.8 Å². The van der Waals surface area contributed by atoms with Gasteiger partial charge in [-0.25, -0.2) is 0 Å². The Morgan fingerprint density at radius 1 is 1.38 bits per heavy atom. The summed E-state index contributed by atoms with van der Waals surface area (Å²) in [5, 5.41) is 3.43.